The maximum atomic E-state index is 12.1. The van der Waals surface area contributed by atoms with E-state index in [1.54, 1.807) is 4.90 Å². The second-order valence-electron chi connectivity index (χ2n) is 6.31. The van der Waals surface area contributed by atoms with Gasteiger partial charge in [0.1, 0.15) is 5.60 Å². The lowest BCUT2D eigenvalue weighted by Gasteiger charge is -2.30. The number of benzene rings is 1. The summed E-state index contributed by atoms with van der Waals surface area (Å²) in [6, 6.07) is 10.1. The predicted molar refractivity (Wildman–Crippen MR) is 84.2 cm³/mol. The van der Waals surface area contributed by atoms with Gasteiger partial charge in [0.2, 0.25) is 0 Å². The van der Waals surface area contributed by atoms with Crippen molar-refractivity contribution in [3.8, 4) is 0 Å². The average molecular weight is 293 g/mol. The number of carbonyl (C=O) groups is 1. The largest absolute Gasteiger partial charge is 0.444 e. The Hall–Kier alpha value is -1.55. The Morgan fingerprint density at radius 3 is 2.33 bits per heavy atom. The number of ether oxygens (including phenoxy) is 2. The third kappa shape index (κ3) is 7.14. The zero-order chi connectivity index (χ0) is 15.9. The standard InChI is InChI=1S/C17H27NO3/c1-14(2)18(16(19)21-17(3,4)5)11-12-20-13-15-9-7-6-8-10-15/h6-10,14H,11-13H2,1-5H3. The van der Waals surface area contributed by atoms with Crippen LogP contribution in [0.15, 0.2) is 30.3 Å². The average Bonchev–Trinajstić information content (AvgIpc) is 2.37. The van der Waals surface area contributed by atoms with Crippen molar-refractivity contribution in [2.24, 2.45) is 0 Å². The highest BCUT2D eigenvalue weighted by Crippen LogP contribution is 2.12. The van der Waals surface area contributed by atoms with Crippen molar-refractivity contribution < 1.29 is 14.3 Å². The smallest absolute Gasteiger partial charge is 0.410 e. The molecule has 4 nitrogen and oxygen atoms in total. The molecule has 1 rings (SSSR count). The van der Waals surface area contributed by atoms with Crippen molar-refractivity contribution in [3.05, 3.63) is 35.9 Å². The fraction of sp³-hybridized carbons (Fsp3) is 0.588. The van der Waals surface area contributed by atoms with E-state index < -0.39 is 5.60 Å². The SMILES string of the molecule is CC(C)N(CCOCc1ccccc1)C(=O)OC(C)(C)C. The molecule has 0 atom stereocenters. The van der Waals surface area contributed by atoms with Crippen LogP contribution in [0.25, 0.3) is 0 Å². The molecule has 0 aliphatic carbocycles. The van der Waals surface area contributed by atoms with E-state index in [2.05, 4.69) is 0 Å². The molecule has 1 aromatic rings. The second-order valence-corrected chi connectivity index (χ2v) is 6.31. The van der Waals surface area contributed by atoms with Crippen LogP contribution in [0.5, 0.6) is 0 Å². The topological polar surface area (TPSA) is 38.8 Å². The molecular formula is C17H27NO3. The first-order valence-electron chi connectivity index (χ1n) is 7.41. The Balaban J connectivity index is 2.39. The van der Waals surface area contributed by atoms with Gasteiger partial charge in [-0.25, -0.2) is 4.79 Å². The van der Waals surface area contributed by atoms with E-state index in [0.717, 1.165) is 5.56 Å². The quantitative estimate of drug-likeness (QED) is 0.748. The van der Waals surface area contributed by atoms with Crippen molar-refractivity contribution in [2.75, 3.05) is 13.2 Å². The van der Waals surface area contributed by atoms with E-state index in [0.29, 0.717) is 19.8 Å². The third-order valence-corrected chi connectivity index (χ3v) is 2.84. The fourth-order valence-corrected chi connectivity index (χ4v) is 1.81. The summed E-state index contributed by atoms with van der Waals surface area (Å²) >= 11 is 0. The molecule has 0 aromatic heterocycles. The number of hydrogen-bond donors (Lipinski definition) is 0. The van der Waals surface area contributed by atoms with Crippen LogP contribution < -0.4 is 0 Å². The Morgan fingerprint density at radius 2 is 1.81 bits per heavy atom. The van der Waals surface area contributed by atoms with Crippen molar-refractivity contribution in [1.82, 2.24) is 4.90 Å². The molecule has 0 spiro atoms. The van der Waals surface area contributed by atoms with Crippen LogP contribution in [0.2, 0.25) is 0 Å². The van der Waals surface area contributed by atoms with E-state index in [1.807, 2.05) is 65.0 Å². The molecule has 0 fully saturated rings. The van der Waals surface area contributed by atoms with Gasteiger partial charge >= 0.3 is 6.09 Å². The zero-order valence-electron chi connectivity index (χ0n) is 13.8. The van der Waals surface area contributed by atoms with Crippen molar-refractivity contribution in [3.63, 3.8) is 0 Å². The monoisotopic (exact) mass is 293 g/mol. The first-order valence-corrected chi connectivity index (χ1v) is 7.41. The molecule has 0 aliphatic heterocycles. The summed E-state index contributed by atoms with van der Waals surface area (Å²) in [6.45, 7) is 11.1. The number of carbonyl (C=O) groups excluding carboxylic acids is 1. The van der Waals surface area contributed by atoms with Crippen LogP contribution in [0, 0.1) is 0 Å². The van der Waals surface area contributed by atoms with E-state index in [9.17, 15) is 4.79 Å². The first kappa shape index (κ1) is 17.5. The normalized spacial score (nSPS) is 11.5. The molecule has 118 valence electrons. The van der Waals surface area contributed by atoms with Crippen LogP contribution in [-0.2, 0) is 16.1 Å². The Bertz CT molecular complexity index is 423. The van der Waals surface area contributed by atoms with E-state index in [-0.39, 0.29) is 12.1 Å². The van der Waals surface area contributed by atoms with Crippen LogP contribution >= 0.6 is 0 Å². The maximum absolute atomic E-state index is 12.1. The van der Waals surface area contributed by atoms with Crippen LogP contribution in [-0.4, -0.2) is 35.8 Å². The molecule has 21 heavy (non-hydrogen) atoms. The number of amides is 1. The minimum Gasteiger partial charge on any atom is -0.444 e. The first-order chi connectivity index (χ1) is 9.79. The maximum Gasteiger partial charge on any atom is 0.410 e. The van der Waals surface area contributed by atoms with Gasteiger partial charge in [-0.3, -0.25) is 0 Å². The molecular weight excluding hydrogens is 266 g/mol. The molecule has 0 bridgehead atoms. The highest BCUT2D eigenvalue weighted by atomic mass is 16.6. The highest BCUT2D eigenvalue weighted by Gasteiger charge is 2.23. The lowest BCUT2D eigenvalue weighted by molar-refractivity contribution is 0.00973. The van der Waals surface area contributed by atoms with Gasteiger partial charge in [-0.05, 0) is 40.2 Å². The third-order valence-electron chi connectivity index (χ3n) is 2.84. The van der Waals surface area contributed by atoms with Crippen molar-refractivity contribution >= 4 is 6.09 Å². The predicted octanol–water partition coefficient (Wildman–Crippen LogP) is 3.85. The highest BCUT2D eigenvalue weighted by molar-refractivity contribution is 5.68. The summed E-state index contributed by atoms with van der Waals surface area (Å²) in [7, 11) is 0. The van der Waals surface area contributed by atoms with Crippen molar-refractivity contribution in [2.45, 2.75) is 52.9 Å². The molecule has 0 saturated heterocycles. The van der Waals surface area contributed by atoms with Gasteiger partial charge in [0.05, 0.1) is 13.2 Å². The summed E-state index contributed by atoms with van der Waals surface area (Å²) in [5.41, 5.74) is 0.653. The molecule has 4 heteroatoms. The van der Waals surface area contributed by atoms with Gasteiger partial charge in [0.25, 0.3) is 0 Å². The van der Waals surface area contributed by atoms with E-state index >= 15 is 0 Å². The molecule has 0 unspecified atom stereocenters. The number of hydrogen-bond acceptors (Lipinski definition) is 3. The van der Waals surface area contributed by atoms with Gasteiger partial charge in [-0.1, -0.05) is 30.3 Å². The zero-order valence-corrected chi connectivity index (χ0v) is 13.8. The number of rotatable bonds is 6. The molecule has 0 radical (unpaired) electrons. The van der Waals surface area contributed by atoms with Crippen LogP contribution in [0.3, 0.4) is 0 Å². The molecule has 0 heterocycles. The molecule has 1 aromatic carbocycles. The molecule has 1 amide bonds. The van der Waals surface area contributed by atoms with Gasteiger partial charge in [-0.15, -0.1) is 0 Å². The van der Waals surface area contributed by atoms with Crippen LogP contribution in [0.4, 0.5) is 4.79 Å². The van der Waals surface area contributed by atoms with Crippen molar-refractivity contribution in [1.29, 1.82) is 0 Å². The van der Waals surface area contributed by atoms with Gasteiger partial charge in [0, 0.05) is 12.6 Å². The summed E-state index contributed by atoms with van der Waals surface area (Å²) in [5, 5.41) is 0. The molecule has 0 aliphatic rings. The summed E-state index contributed by atoms with van der Waals surface area (Å²) < 4.78 is 11.0. The van der Waals surface area contributed by atoms with E-state index in [4.69, 9.17) is 9.47 Å². The lowest BCUT2D eigenvalue weighted by Crippen LogP contribution is -2.42. The molecule has 0 N–H and O–H groups in total. The minimum absolute atomic E-state index is 0.0835. The van der Waals surface area contributed by atoms with Gasteiger partial charge in [0.15, 0.2) is 0 Å². The van der Waals surface area contributed by atoms with Gasteiger partial charge < -0.3 is 14.4 Å². The van der Waals surface area contributed by atoms with Crippen LogP contribution in [0.1, 0.15) is 40.2 Å². The molecule has 0 saturated carbocycles. The van der Waals surface area contributed by atoms with Gasteiger partial charge in [-0.2, -0.15) is 0 Å². The number of nitrogens with zero attached hydrogens (tertiary/aromatic N) is 1. The minimum atomic E-state index is -0.477. The van der Waals surface area contributed by atoms with E-state index in [1.165, 1.54) is 0 Å². The second kappa shape index (κ2) is 8.03. The Labute approximate surface area is 128 Å². The fourth-order valence-electron chi connectivity index (χ4n) is 1.81. The Kier molecular flexibility index (Phi) is 6.69. The lowest BCUT2D eigenvalue weighted by atomic mass is 10.2. The summed E-state index contributed by atoms with van der Waals surface area (Å²) in [4.78, 5) is 13.8. The summed E-state index contributed by atoms with van der Waals surface area (Å²) in [5.74, 6) is 0. The Morgan fingerprint density at radius 1 is 1.19 bits per heavy atom. The summed E-state index contributed by atoms with van der Waals surface area (Å²) in [6.07, 6.45) is -0.291.